The topological polar surface area (TPSA) is 150 Å². The van der Waals surface area contributed by atoms with E-state index in [4.69, 9.17) is 34.2 Å². The first kappa shape index (κ1) is 35.7. The van der Waals surface area contributed by atoms with E-state index in [-0.39, 0.29) is 43.7 Å². The number of hydrogen-bond acceptors (Lipinski definition) is 11. The molecule has 41 heavy (non-hydrogen) atoms. The molecule has 0 aliphatic carbocycles. The summed E-state index contributed by atoms with van der Waals surface area (Å²) in [5.41, 5.74) is 6.56. The Bertz CT molecular complexity index is 976. The lowest BCUT2D eigenvalue weighted by Gasteiger charge is -2.18. The van der Waals surface area contributed by atoms with Crippen molar-refractivity contribution in [2.24, 2.45) is 23.5 Å². The molecule has 0 fully saturated rings. The van der Waals surface area contributed by atoms with Crippen molar-refractivity contribution in [1.29, 1.82) is 0 Å². The van der Waals surface area contributed by atoms with E-state index in [9.17, 15) is 19.2 Å². The second-order valence-electron chi connectivity index (χ2n) is 11.2. The highest BCUT2D eigenvalue weighted by atomic mass is 16.7. The fourth-order valence-electron chi connectivity index (χ4n) is 3.18. The molecule has 0 spiro atoms. The molecule has 0 amide bonds. The molecule has 0 saturated carbocycles. The van der Waals surface area contributed by atoms with Crippen LogP contribution in [-0.2, 0) is 35.0 Å². The summed E-state index contributed by atoms with van der Waals surface area (Å²) >= 11 is 0. The summed E-state index contributed by atoms with van der Waals surface area (Å²) in [6, 6.07) is 3.34. The number of benzene rings is 1. The first-order chi connectivity index (χ1) is 19.3. The number of esters is 2. The minimum atomic E-state index is -1.06. The third kappa shape index (κ3) is 16.5. The van der Waals surface area contributed by atoms with E-state index in [0.29, 0.717) is 49.0 Å². The van der Waals surface area contributed by atoms with Crippen LogP contribution in [0.3, 0.4) is 0 Å². The Morgan fingerprint density at radius 3 is 1.80 bits per heavy atom. The van der Waals surface area contributed by atoms with E-state index in [2.05, 4.69) is 0 Å². The largest absolute Gasteiger partial charge is 0.513 e. The molecule has 0 saturated heterocycles. The summed E-state index contributed by atoms with van der Waals surface area (Å²) in [6.07, 6.45) is -0.270. The van der Waals surface area contributed by atoms with Gasteiger partial charge in [-0.3, -0.25) is 9.59 Å². The van der Waals surface area contributed by atoms with Crippen molar-refractivity contribution in [3.8, 4) is 11.5 Å². The van der Waals surface area contributed by atoms with Crippen LogP contribution >= 0.6 is 0 Å². The molecule has 1 aromatic rings. The highest BCUT2D eigenvalue weighted by Gasteiger charge is 2.22. The predicted molar refractivity (Wildman–Crippen MR) is 152 cm³/mol. The van der Waals surface area contributed by atoms with Gasteiger partial charge in [-0.1, -0.05) is 47.6 Å². The fraction of sp³-hybridized carbons (Fsp3) is 0.667. The van der Waals surface area contributed by atoms with Crippen LogP contribution in [0, 0.1) is 17.8 Å². The Morgan fingerprint density at radius 2 is 1.27 bits per heavy atom. The Kier molecular flexibility index (Phi) is 16.5. The van der Waals surface area contributed by atoms with Crippen molar-refractivity contribution in [1.82, 2.24) is 0 Å². The van der Waals surface area contributed by atoms with Crippen LogP contribution in [0.1, 0.15) is 79.7 Å². The van der Waals surface area contributed by atoms with Crippen LogP contribution in [0.15, 0.2) is 18.2 Å². The Balaban J connectivity index is 2.83. The van der Waals surface area contributed by atoms with E-state index >= 15 is 0 Å². The monoisotopic (exact) mass is 581 g/mol. The smallest absolute Gasteiger partial charge is 0.462 e. The number of nitrogens with two attached hydrogens (primary N) is 1. The maximum absolute atomic E-state index is 12.5. The first-order valence-corrected chi connectivity index (χ1v) is 14.2. The lowest BCUT2D eigenvalue weighted by Crippen LogP contribution is -2.37. The van der Waals surface area contributed by atoms with Gasteiger partial charge in [0.2, 0.25) is 0 Å². The average Bonchev–Trinajstić information content (AvgIpc) is 2.87. The van der Waals surface area contributed by atoms with Crippen molar-refractivity contribution >= 4 is 24.2 Å². The van der Waals surface area contributed by atoms with Gasteiger partial charge in [0.1, 0.15) is 18.8 Å². The summed E-state index contributed by atoms with van der Waals surface area (Å²) < 4.78 is 31.2. The minimum Gasteiger partial charge on any atom is -0.462 e. The molecule has 0 radical (unpaired) electrons. The van der Waals surface area contributed by atoms with Gasteiger partial charge in [-0.05, 0) is 68.1 Å². The minimum absolute atomic E-state index is 0.0254. The lowest BCUT2D eigenvalue weighted by molar-refractivity contribution is -0.159. The zero-order chi connectivity index (χ0) is 30.9. The molecule has 0 aromatic heterocycles. The molecule has 0 heterocycles. The predicted octanol–water partition coefficient (Wildman–Crippen LogP) is 5.59. The zero-order valence-corrected chi connectivity index (χ0v) is 25.4. The summed E-state index contributed by atoms with van der Waals surface area (Å²) in [5, 5.41) is 0. The third-order valence-electron chi connectivity index (χ3n) is 5.71. The highest BCUT2D eigenvalue weighted by Crippen LogP contribution is 2.30. The number of rotatable bonds is 17. The molecule has 0 aliphatic heterocycles. The highest BCUT2D eigenvalue weighted by molar-refractivity contribution is 5.76. The number of carbonyl (C=O) groups excluding carboxylic acids is 4. The maximum Gasteiger partial charge on any atom is 0.513 e. The molecule has 0 aliphatic rings. The Labute approximate surface area is 243 Å². The van der Waals surface area contributed by atoms with Crippen LogP contribution in [0.25, 0.3) is 0 Å². The van der Waals surface area contributed by atoms with Crippen molar-refractivity contribution in [3.63, 3.8) is 0 Å². The molecule has 232 valence electrons. The van der Waals surface area contributed by atoms with Crippen LogP contribution in [0.2, 0.25) is 0 Å². The SMILES string of the molecule is CC(C)CCOC(=O)Oc1ccc(C[C@H](N)C(=O)O[C@@H](C)COC(=O)CCC(C)C)cc1OC(=O)OCCC(C)C. The zero-order valence-electron chi connectivity index (χ0n) is 25.4. The number of carbonyl (C=O) groups is 4. The number of hydrogen-bond donors (Lipinski definition) is 1. The Hall–Kier alpha value is -3.34. The third-order valence-corrected chi connectivity index (χ3v) is 5.71. The normalized spacial score (nSPS) is 12.6. The van der Waals surface area contributed by atoms with E-state index < -0.39 is 30.4 Å². The van der Waals surface area contributed by atoms with Gasteiger partial charge >= 0.3 is 24.2 Å². The van der Waals surface area contributed by atoms with Gasteiger partial charge < -0.3 is 34.2 Å². The molecule has 11 nitrogen and oxygen atoms in total. The standard InChI is InChI=1S/C30H47NO10/c1-19(2)8-11-27(32)38-18-22(7)39-28(33)24(31)16-23-9-10-25(40-29(34)36-14-12-20(3)4)26(17-23)41-30(35)37-15-13-21(5)6/h9-10,17,19-22,24H,8,11-16,18,31H2,1-7H3/t22-,24-/m0/s1. The van der Waals surface area contributed by atoms with Gasteiger partial charge in [-0.2, -0.15) is 0 Å². The molecule has 2 atom stereocenters. The maximum atomic E-state index is 12.5. The van der Waals surface area contributed by atoms with Crippen LogP contribution in [0.5, 0.6) is 11.5 Å². The van der Waals surface area contributed by atoms with E-state index in [1.807, 2.05) is 41.5 Å². The molecule has 1 aromatic carbocycles. The van der Waals surface area contributed by atoms with Crippen molar-refractivity contribution in [2.45, 2.75) is 92.7 Å². The second-order valence-corrected chi connectivity index (χ2v) is 11.2. The van der Waals surface area contributed by atoms with Crippen molar-refractivity contribution in [2.75, 3.05) is 19.8 Å². The van der Waals surface area contributed by atoms with Gasteiger partial charge in [-0.25, -0.2) is 9.59 Å². The molecule has 2 N–H and O–H groups in total. The van der Waals surface area contributed by atoms with Crippen LogP contribution in [-0.4, -0.2) is 56.2 Å². The number of ether oxygens (including phenoxy) is 6. The molecular formula is C30H47NO10. The average molecular weight is 582 g/mol. The van der Waals surface area contributed by atoms with Crippen LogP contribution in [0.4, 0.5) is 9.59 Å². The Morgan fingerprint density at radius 1 is 0.732 bits per heavy atom. The molecular weight excluding hydrogens is 534 g/mol. The molecule has 0 unspecified atom stereocenters. The fourth-order valence-corrected chi connectivity index (χ4v) is 3.18. The molecule has 1 rings (SSSR count). The second kappa shape index (κ2) is 18.9. The van der Waals surface area contributed by atoms with Gasteiger partial charge in [0.15, 0.2) is 11.5 Å². The van der Waals surface area contributed by atoms with Crippen LogP contribution < -0.4 is 15.2 Å². The van der Waals surface area contributed by atoms with E-state index in [1.165, 1.54) is 12.1 Å². The van der Waals surface area contributed by atoms with Gasteiger partial charge in [0.05, 0.1) is 13.2 Å². The van der Waals surface area contributed by atoms with Gasteiger partial charge in [0, 0.05) is 6.42 Å². The van der Waals surface area contributed by atoms with Crippen molar-refractivity contribution < 1.29 is 47.6 Å². The van der Waals surface area contributed by atoms with E-state index in [0.717, 1.165) is 0 Å². The summed E-state index contributed by atoms with van der Waals surface area (Å²) in [7, 11) is 0. The van der Waals surface area contributed by atoms with Gasteiger partial charge in [-0.15, -0.1) is 0 Å². The van der Waals surface area contributed by atoms with Gasteiger partial charge in [0.25, 0.3) is 0 Å². The van der Waals surface area contributed by atoms with Crippen molar-refractivity contribution in [3.05, 3.63) is 23.8 Å². The summed E-state index contributed by atoms with van der Waals surface area (Å²) in [5.74, 6) is -0.168. The molecule has 0 bridgehead atoms. The first-order valence-electron chi connectivity index (χ1n) is 14.2. The van der Waals surface area contributed by atoms with E-state index in [1.54, 1.807) is 13.0 Å². The summed E-state index contributed by atoms with van der Waals surface area (Å²) in [4.78, 5) is 48.8. The molecule has 11 heteroatoms. The quantitative estimate of drug-likeness (QED) is 0.139. The summed E-state index contributed by atoms with van der Waals surface area (Å²) in [6.45, 7) is 13.9. The lowest BCUT2D eigenvalue weighted by atomic mass is 10.1.